The number of aromatic nitrogens is 2. The summed E-state index contributed by atoms with van der Waals surface area (Å²) in [7, 11) is -1.72. The topological polar surface area (TPSA) is 84.4 Å². The van der Waals surface area contributed by atoms with Crippen LogP contribution in [0, 0.1) is 0 Å². The fraction of sp³-hybridized carbons (Fsp3) is 0.412. The number of likely N-dealkylation sites (N-methyl/N-ethyl adjacent to an activating group) is 1. The van der Waals surface area contributed by atoms with Crippen LogP contribution in [0.4, 0.5) is 0 Å². The van der Waals surface area contributed by atoms with Crippen molar-refractivity contribution in [2.45, 2.75) is 24.3 Å². The number of pyridine rings is 2. The molecule has 0 saturated carbocycles. The van der Waals surface area contributed by atoms with E-state index in [0.717, 1.165) is 13.0 Å². The number of halogens is 1. The number of rotatable bonds is 6. The number of hydrogen-bond donors (Lipinski definition) is 1. The van der Waals surface area contributed by atoms with Gasteiger partial charge in [-0.1, -0.05) is 11.6 Å². The lowest BCUT2D eigenvalue weighted by Crippen LogP contribution is -2.36. The third-order valence-corrected chi connectivity index (χ3v) is 5.81. The Morgan fingerprint density at radius 3 is 2.81 bits per heavy atom. The Labute approximate surface area is 158 Å². The van der Waals surface area contributed by atoms with Gasteiger partial charge >= 0.3 is 0 Å². The van der Waals surface area contributed by atoms with Gasteiger partial charge < -0.3 is 9.64 Å². The van der Waals surface area contributed by atoms with Crippen molar-refractivity contribution in [3.63, 3.8) is 0 Å². The Morgan fingerprint density at radius 2 is 2.19 bits per heavy atom. The molecule has 0 aliphatic carbocycles. The monoisotopic (exact) mass is 396 g/mol. The third kappa shape index (κ3) is 4.50. The van der Waals surface area contributed by atoms with Crippen LogP contribution in [0.3, 0.4) is 0 Å². The molecule has 0 amide bonds. The van der Waals surface area contributed by atoms with Gasteiger partial charge in [0, 0.05) is 30.4 Å². The number of hydrogen-bond acceptors (Lipinski definition) is 6. The molecule has 2 aromatic heterocycles. The molecule has 7 nitrogen and oxygen atoms in total. The van der Waals surface area contributed by atoms with E-state index in [2.05, 4.69) is 19.6 Å². The lowest BCUT2D eigenvalue weighted by Gasteiger charge is -2.14. The highest BCUT2D eigenvalue weighted by atomic mass is 35.5. The summed E-state index contributed by atoms with van der Waals surface area (Å²) in [6.45, 7) is 3.95. The van der Waals surface area contributed by atoms with E-state index in [1.165, 1.54) is 12.1 Å². The first-order valence-electron chi connectivity index (χ1n) is 8.35. The van der Waals surface area contributed by atoms with Crippen molar-refractivity contribution < 1.29 is 13.2 Å². The lowest BCUT2D eigenvalue weighted by atomic mass is 10.2. The molecule has 1 N–H and O–H groups in total. The fourth-order valence-electron chi connectivity index (χ4n) is 2.86. The normalized spacial score (nSPS) is 18.2. The first kappa shape index (κ1) is 19.0. The van der Waals surface area contributed by atoms with Crippen molar-refractivity contribution in [2.75, 3.05) is 26.7 Å². The van der Waals surface area contributed by atoms with Crippen LogP contribution in [0.5, 0.6) is 5.88 Å². The molecule has 9 heteroatoms. The van der Waals surface area contributed by atoms with E-state index in [1.807, 2.05) is 14.0 Å². The summed E-state index contributed by atoms with van der Waals surface area (Å²) in [4.78, 5) is 10.6. The zero-order chi connectivity index (χ0) is 18.7. The molecule has 26 heavy (non-hydrogen) atoms. The number of nitrogens with one attached hydrogen (secondary N) is 1. The van der Waals surface area contributed by atoms with Gasteiger partial charge in [0.1, 0.15) is 5.15 Å². The van der Waals surface area contributed by atoms with E-state index >= 15 is 0 Å². The smallest absolute Gasteiger partial charge is 0.241 e. The Balaban J connectivity index is 1.87. The van der Waals surface area contributed by atoms with Crippen LogP contribution in [-0.4, -0.2) is 56.1 Å². The second kappa shape index (κ2) is 7.87. The van der Waals surface area contributed by atoms with Crippen molar-refractivity contribution in [3.8, 4) is 17.1 Å². The highest BCUT2D eigenvalue weighted by Crippen LogP contribution is 2.25. The maximum Gasteiger partial charge on any atom is 0.241 e. The highest BCUT2D eigenvalue weighted by molar-refractivity contribution is 7.89. The zero-order valence-electron chi connectivity index (χ0n) is 14.6. The molecule has 0 radical (unpaired) electrons. The molecule has 3 rings (SSSR count). The summed E-state index contributed by atoms with van der Waals surface area (Å²) in [5.41, 5.74) is 1.10. The Kier molecular flexibility index (Phi) is 5.76. The molecule has 2 aromatic rings. The van der Waals surface area contributed by atoms with Crippen molar-refractivity contribution >= 4 is 21.6 Å². The van der Waals surface area contributed by atoms with Crippen LogP contribution < -0.4 is 9.46 Å². The van der Waals surface area contributed by atoms with Gasteiger partial charge in [-0.05, 0) is 45.1 Å². The van der Waals surface area contributed by atoms with Crippen LogP contribution in [0.25, 0.3) is 11.3 Å². The largest absolute Gasteiger partial charge is 0.478 e. The summed E-state index contributed by atoms with van der Waals surface area (Å²) in [5, 5.41) is 0.111. The number of likely N-dealkylation sites (tertiary alicyclic amines) is 1. The maximum atomic E-state index is 12.7. The van der Waals surface area contributed by atoms with Gasteiger partial charge in [0.15, 0.2) is 0 Å². The van der Waals surface area contributed by atoms with Gasteiger partial charge in [-0.3, -0.25) is 0 Å². The van der Waals surface area contributed by atoms with Gasteiger partial charge in [0.25, 0.3) is 0 Å². The third-order valence-electron chi connectivity index (χ3n) is 4.12. The molecule has 1 atom stereocenters. The van der Waals surface area contributed by atoms with Gasteiger partial charge in [-0.2, -0.15) is 0 Å². The van der Waals surface area contributed by atoms with Crippen LogP contribution in [-0.2, 0) is 10.0 Å². The number of nitrogens with zero attached hydrogens (tertiary/aromatic N) is 3. The highest BCUT2D eigenvalue weighted by Gasteiger charge is 2.26. The van der Waals surface area contributed by atoms with E-state index < -0.39 is 10.0 Å². The molecular formula is C17H21ClN4O3S. The number of ether oxygens (including phenoxy) is 1. The zero-order valence-corrected chi connectivity index (χ0v) is 16.2. The predicted molar refractivity (Wildman–Crippen MR) is 99.9 cm³/mol. The summed E-state index contributed by atoms with van der Waals surface area (Å²) in [5.74, 6) is 0.498. The Morgan fingerprint density at radius 1 is 1.38 bits per heavy atom. The minimum atomic E-state index is -3.68. The average Bonchev–Trinajstić information content (AvgIpc) is 2.99. The average molecular weight is 397 g/mol. The quantitative estimate of drug-likeness (QED) is 0.753. The molecule has 0 spiro atoms. The van der Waals surface area contributed by atoms with Crippen molar-refractivity contribution in [1.82, 2.24) is 19.6 Å². The van der Waals surface area contributed by atoms with Gasteiger partial charge in [0.2, 0.25) is 15.9 Å². The first-order chi connectivity index (χ1) is 12.4. The van der Waals surface area contributed by atoms with E-state index in [-0.39, 0.29) is 16.1 Å². The maximum absolute atomic E-state index is 12.7. The van der Waals surface area contributed by atoms with E-state index in [9.17, 15) is 8.42 Å². The summed E-state index contributed by atoms with van der Waals surface area (Å²) >= 11 is 6.07. The molecular weight excluding hydrogens is 376 g/mol. The molecule has 0 aromatic carbocycles. The standard InChI is InChI=1S/C17H21ClN4O3S/c1-3-25-17-5-4-12(10-19-17)15-8-14(9-16(18)20-15)26(23,24)21-13-6-7-22(2)11-13/h4-5,8-10,13,21H,3,6-7,11H2,1-2H3/t13-/m1/s1. The van der Waals surface area contributed by atoms with Crippen LogP contribution in [0.1, 0.15) is 13.3 Å². The predicted octanol–water partition coefficient (Wildman–Crippen LogP) is 2.18. The summed E-state index contributed by atoms with van der Waals surface area (Å²) in [6, 6.07) is 6.24. The minimum Gasteiger partial charge on any atom is -0.478 e. The molecule has 140 valence electrons. The molecule has 0 bridgehead atoms. The summed E-state index contributed by atoms with van der Waals surface area (Å²) in [6.07, 6.45) is 2.36. The van der Waals surface area contributed by atoms with Gasteiger partial charge in [0.05, 0.1) is 17.2 Å². The molecule has 0 unspecified atom stereocenters. The summed E-state index contributed by atoms with van der Waals surface area (Å²) < 4.78 is 33.5. The second-order valence-corrected chi connectivity index (χ2v) is 8.30. The molecule has 1 fully saturated rings. The van der Waals surface area contributed by atoms with Crippen molar-refractivity contribution in [3.05, 3.63) is 35.6 Å². The molecule has 3 heterocycles. The second-order valence-electron chi connectivity index (χ2n) is 6.20. The van der Waals surface area contributed by atoms with E-state index in [4.69, 9.17) is 16.3 Å². The SMILES string of the molecule is CCOc1ccc(-c2cc(S(=O)(=O)N[C@@H]3CCN(C)C3)cc(Cl)n2)cn1. The minimum absolute atomic E-state index is 0.0935. The number of sulfonamides is 1. The van der Waals surface area contributed by atoms with Crippen molar-refractivity contribution in [2.24, 2.45) is 0 Å². The fourth-order valence-corrected chi connectivity index (χ4v) is 4.43. The van der Waals surface area contributed by atoms with Crippen LogP contribution in [0.2, 0.25) is 5.15 Å². The molecule has 1 aliphatic rings. The van der Waals surface area contributed by atoms with Gasteiger partial charge in [-0.25, -0.2) is 23.1 Å². The van der Waals surface area contributed by atoms with Crippen LogP contribution in [0.15, 0.2) is 35.4 Å². The van der Waals surface area contributed by atoms with Crippen molar-refractivity contribution in [1.29, 1.82) is 0 Å². The Bertz CT molecular complexity index is 874. The molecule has 1 saturated heterocycles. The Hall–Kier alpha value is -1.74. The van der Waals surface area contributed by atoms with Gasteiger partial charge in [-0.15, -0.1) is 0 Å². The van der Waals surface area contributed by atoms with Crippen LogP contribution >= 0.6 is 11.6 Å². The van der Waals surface area contributed by atoms with E-state index in [1.54, 1.807) is 18.3 Å². The first-order valence-corrected chi connectivity index (χ1v) is 10.2. The lowest BCUT2D eigenvalue weighted by molar-refractivity contribution is 0.327. The molecule has 1 aliphatic heterocycles. The van der Waals surface area contributed by atoms with E-state index in [0.29, 0.717) is 30.3 Å².